The van der Waals surface area contributed by atoms with E-state index in [1.807, 2.05) is 0 Å². The first-order valence-electron chi connectivity index (χ1n) is 9.39. The van der Waals surface area contributed by atoms with Crippen LogP contribution in [-0.4, -0.2) is 46.7 Å². The number of H-pyrrole nitrogens is 1. The Bertz CT molecular complexity index is 1040. The van der Waals surface area contributed by atoms with Gasteiger partial charge in [-0.05, 0) is 51.0 Å². The highest BCUT2D eigenvalue weighted by molar-refractivity contribution is 6.30. The topological polar surface area (TPSA) is 109 Å². The molecule has 3 amide bonds. The van der Waals surface area contributed by atoms with E-state index in [1.54, 1.807) is 52.0 Å². The van der Waals surface area contributed by atoms with E-state index in [2.05, 4.69) is 10.3 Å². The Morgan fingerprint density at radius 2 is 1.80 bits per heavy atom. The Balaban J connectivity index is 1.86. The normalized spacial score (nSPS) is 18.5. The summed E-state index contributed by atoms with van der Waals surface area (Å²) in [4.78, 5) is 54.3. The number of nitrogens with one attached hydrogen (secondary N) is 2. The van der Waals surface area contributed by atoms with Crippen molar-refractivity contribution < 1.29 is 23.9 Å². The van der Waals surface area contributed by atoms with Gasteiger partial charge in [0.2, 0.25) is 0 Å². The molecule has 0 aliphatic carbocycles. The van der Waals surface area contributed by atoms with Crippen molar-refractivity contribution in [3.05, 3.63) is 57.4 Å². The van der Waals surface area contributed by atoms with E-state index in [1.165, 1.54) is 0 Å². The fourth-order valence-electron chi connectivity index (χ4n) is 3.62. The van der Waals surface area contributed by atoms with Gasteiger partial charge < -0.3 is 15.0 Å². The van der Waals surface area contributed by atoms with Crippen molar-refractivity contribution in [3.8, 4) is 0 Å². The summed E-state index contributed by atoms with van der Waals surface area (Å²) in [5, 5.41) is 3.15. The number of aromatic nitrogens is 1. The molecule has 1 aromatic heterocycles. The number of carbonyl (C=O) groups is 4. The molecule has 0 saturated carbocycles. The first-order chi connectivity index (χ1) is 14.1. The summed E-state index contributed by atoms with van der Waals surface area (Å²) in [6.45, 7) is 6.28. The molecule has 1 aromatic carbocycles. The van der Waals surface area contributed by atoms with Gasteiger partial charge in [0, 0.05) is 16.3 Å². The van der Waals surface area contributed by atoms with Crippen molar-refractivity contribution >= 4 is 35.3 Å². The molecule has 9 heteroatoms. The summed E-state index contributed by atoms with van der Waals surface area (Å²) < 4.78 is 4.99. The summed E-state index contributed by atoms with van der Waals surface area (Å²) in [5.41, 5.74) is 0.579. The molecule has 3 rings (SSSR count). The second-order valence-electron chi connectivity index (χ2n) is 7.22. The smallest absolute Gasteiger partial charge is 0.355 e. The van der Waals surface area contributed by atoms with Crippen molar-refractivity contribution in [2.75, 3.05) is 13.2 Å². The molecule has 2 heterocycles. The van der Waals surface area contributed by atoms with Crippen LogP contribution in [0, 0.1) is 13.8 Å². The van der Waals surface area contributed by atoms with Crippen LogP contribution in [0.1, 0.15) is 51.5 Å². The average molecular weight is 432 g/mol. The van der Waals surface area contributed by atoms with Crippen LogP contribution in [0.25, 0.3) is 0 Å². The lowest BCUT2D eigenvalue weighted by Crippen LogP contribution is -2.41. The average Bonchev–Trinajstić information content (AvgIpc) is 3.10. The Morgan fingerprint density at radius 3 is 2.40 bits per heavy atom. The molecule has 8 nitrogen and oxygen atoms in total. The highest BCUT2D eigenvalue weighted by Gasteiger charge is 2.49. The minimum Gasteiger partial charge on any atom is -0.461 e. The zero-order valence-corrected chi connectivity index (χ0v) is 17.8. The second-order valence-corrected chi connectivity index (χ2v) is 7.66. The number of Topliss-reactive ketones (excluding diaryl/α,β-unsaturated/α-hetero) is 1. The zero-order chi connectivity index (χ0) is 22.2. The molecule has 1 saturated heterocycles. The maximum atomic E-state index is 13.0. The lowest BCUT2D eigenvalue weighted by Gasteiger charge is -2.22. The lowest BCUT2D eigenvalue weighted by atomic mass is 9.92. The first kappa shape index (κ1) is 21.6. The number of imide groups is 1. The molecule has 0 radical (unpaired) electrons. The van der Waals surface area contributed by atoms with E-state index >= 15 is 0 Å². The highest BCUT2D eigenvalue weighted by atomic mass is 35.5. The van der Waals surface area contributed by atoms with Crippen LogP contribution >= 0.6 is 11.6 Å². The molecule has 0 spiro atoms. The van der Waals surface area contributed by atoms with Crippen molar-refractivity contribution in [2.24, 2.45) is 0 Å². The van der Waals surface area contributed by atoms with Gasteiger partial charge in [0.25, 0.3) is 5.91 Å². The summed E-state index contributed by atoms with van der Waals surface area (Å²) in [6, 6.07) is 5.88. The fourth-order valence-corrected chi connectivity index (χ4v) is 3.74. The number of carbonyl (C=O) groups excluding carboxylic acids is 4. The van der Waals surface area contributed by atoms with Gasteiger partial charge in [-0.2, -0.15) is 0 Å². The number of rotatable bonds is 6. The molecule has 2 aromatic rings. The van der Waals surface area contributed by atoms with Crippen LogP contribution < -0.4 is 5.32 Å². The van der Waals surface area contributed by atoms with Gasteiger partial charge in [-0.1, -0.05) is 23.7 Å². The number of nitrogens with zero attached hydrogens (tertiary/aromatic N) is 1. The largest absolute Gasteiger partial charge is 0.461 e. The van der Waals surface area contributed by atoms with Gasteiger partial charge in [0.15, 0.2) is 5.78 Å². The number of benzene rings is 1. The molecule has 30 heavy (non-hydrogen) atoms. The molecular formula is C21H22ClN3O5. The number of hydrogen-bond acceptors (Lipinski definition) is 5. The SMILES string of the molecule is CCOC(=O)c1[nH]c(C)c(C(=O)CN2C(=O)NC(C)(c3ccc(Cl)cc3)C2=O)c1C. The van der Waals surface area contributed by atoms with Gasteiger partial charge in [-0.3, -0.25) is 14.5 Å². The maximum Gasteiger partial charge on any atom is 0.355 e. The Labute approximate surface area is 178 Å². The number of aromatic amines is 1. The molecule has 1 aliphatic heterocycles. The molecule has 2 N–H and O–H groups in total. The van der Waals surface area contributed by atoms with Crippen LogP contribution in [0.2, 0.25) is 5.02 Å². The molecule has 1 unspecified atom stereocenters. The van der Waals surface area contributed by atoms with E-state index < -0.39 is 35.8 Å². The number of hydrogen-bond donors (Lipinski definition) is 2. The van der Waals surface area contributed by atoms with Crippen molar-refractivity contribution in [2.45, 2.75) is 33.2 Å². The molecule has 1 aliphatic rings. The fraction of sp³-hybridized carbons (Fsp3) is 0.333. The minimum absolute atomic E-state index is 0.181. The van der Waals surface area contributed by atoms with Crippen LogP contribution in [0.5, 0.6) is 0 Å². The van der Waals surface area contributed by atoms with Crippen molar-refractivity contribution in [1.29, 1.82) is 0 Å². The van der Waals surface area contributed by atoms with Gasteiger partial charge in [0.1, 0.15) is 11.2 Å². The monoisotopic (exact) mass is 431 g/mol. The zero-order valence-electron chi connectivity index (χ0n) is 17.1. The predicted molar refractivity (Wildman–Crippen MR) is 110 cm³/mol. The van der Waals surface area contributed by atoms with Gasteiger partial charge in [0.05, 0.1) is 13.2 Å². The summed E-state index contributed by atoms with van der Waals surface area (Å²) in [7, 11) is 0. The first-order valence-corrected chi connectivity index (χ1v) is 9.77. The molecular weight excluding hydrogens is 410 g/mol. The summed E-state index contributed by atoms with van der Waals surface area (Å²) in [6.07, 6.45) is 0. The number of ketones is 1. The minimum atomic E-state index is -1.31. The third-order valence-corrected chi connectivity index (χ3v) is 5.45. The highest BCUT2D eigenvalue weighted by Crippen LogP contribution is 2.30. The van der Waals surface area contributed by atoms with E-state index in [0.29, 0.717) is 21.8 Å². The quantitative estimate of drug-likeness (QED) is 0.415. The van der Waals surface area contributed by atoms with E-state index in [9.17, 15) is 19.2 Å². The van der Waals surface area contributed by atoms with Crippen LogP contribution in [0.15, 0.2) is 24.3 Å². The molecule has 0 bridgehead atoms. The number of aryl methyl sites for hydroxylation is 1. The number of amides is 3. The van der Waals surface area contributed by atoms with Crippen molar-refractivity contribution in [3.63, 3.8) is 0 Å². The Hall–Kier alpha value is -3.13. The van der Waals surface area contributed by atoms with Gasteiger partial charge in [-0.25, -0.2) is 9.59 Å². The molecule has 1 atom stereocenters. The third kappa shape index (κ3) is 3.59. The Kier molecular flexibility index (Phi) is 5.72. The van der Waals surface area contributed by atoms with E-state index in [0.717, 1.165) is 4.90 Å². The van der Waals surface area contributed by atoms with Crippen LogP contribution in [-0.2, 0) is 15.1 Å². The second kappa shape index (κ2) is 7.95. The molecule has 1 fully saturated rings. The van der Waals surface area contributed by atoms with Crippen molar-refractivity contribution in [1.82, 2.24) is 15.2 Å². The van der Waals surface area contributed by atoms with Gasteiger partial charge in [-0.15, -0.1) is 0 Å². The van der Waals surface area contributed by atoms with Crippen LogP contribution in [0.3, 0.4) is 0 Å². The third-order valence-electron chi connectivity index (χ3n) is 5.19. The lowest BCUT2D eigenvalue weighted by molar-refractivity contribution is -0.130. The van der Waals surface area contributed by atoms with Gasteiger partial charge >= 0.3 is 12.0 Å². The summed E-state index contributed by atoms with van der Waals surface area (Å²) >= 11 is 5.90. The number of urea groups is 1. The number of halogens is 1. The number of esters is 1. The Morgan fingerprint density at radius 1 is 1.17 bits per heavy atom. The van der Waals surface area contributed by atoms with E-state index in [4.69, 9.17) is 16.3 Å². The standard InChI is InChI=1S/C21H22ClN3O5/c1-5-30-18(27)17-11(2)16(12(3)23-17)15(26)10-25-19(28)21(4,24-20(25)29)13-6-8-14(22)9-7-13/h6-9,23H,5,10H2,1-4H3,(H,24,29). The molecule has 158 valence electrons. The maximum absolute atomic E-state index is 13.0. The number of ether oxygens (including phenoxy) is 1. The van der Waals surface area contributed by atoms with Crippen LogP contribution in [0.4, 0.5) is 4.79 Å². The summed E-state index contributed by atoms with van der Waals surface area (Å²) in [5.74, 6) is -1.57. The van der Waals surface area contributed by atoms with E-state index in [-0.39, 0.29) is 17.9 Å². The predicted octanol–water partition coefficient (Wildman–Crippen LogP) is 3.11.